The molecule has 0 aliphatic heterocycles. The maximum absolute atomic E-state index is 9.09. The van der Waals surface area contributed by atoms with Crippen molar-refractivity contribution in [2.45, 2.75) is 32.4 Å². The third-order valence-corrected chi connectivity index (χ3v) is 4.57. The number of ether oxygens (including phenoxy) is 1. The van der Waals surface area contributed by atoms with Gasteiger partial charge in [0, 0.05) is 20.9 Å². The molecule has 0 saturated carbocycles. The Bertz CT molecular complexity index is 609. The molecular weight excluding hydrogens is 256 g/mol. The topological polar surface area (TPSA) is 63.7 Å². The third kappa shape index (κ3) is 3.40. The van der Waals surface area contributed by atoms with Crippen LogP contribution in [0.25, 0.3) is 11.0 Å². The van der Waals surface area contributed by atoms with Gasteiger partial charge in [0.05, 0.1) is 23.6 Å². The number of fused-ring (bicyclic) bond motifs is 1. The maximum atomic E-state index is 9.09. The standard InChI is InChI=1S/C13H18N4OSi/c1-19(2,3)5-4-18-10-17-9-16-12-8-15-7-11(6-14)13(12)17/h7-9H,4-5,10H2,1-3H3. The van der Waals surface area contributed by atoms with Crippen LogP contribution in [0, 0.1) is 11.3 Å². The Morgan fingerprint density at radius 2 is 2.16 bits per heavy atom. The van der Waals surface area contributed by atoms with Crippen molar-refractivity contribution in [3.05, 3.63) is 24.3 Å². The highest BCUT2D eigenvalue weighted by atomic mass is 28.3. The summed E-state index contributed by atoms with van der Waals surface area (Å²) in [5.41, 5.74) is 2.06. The second-order valence-corrected chi connectivity index (χ2v) is 11.4. The summed E-state index contributed by atoms with van der Waals surface area (Å²) in [5, 5.41) is 9.09. The number of pyridine rings is 1. The fraction of sp³-hybridized carbons (Fsp3) is 0.462. The predicted molar refractivity (Wildman–Crippen MR) is 76.3 cm³/mol. The van der Waals surface area contributed by atoms with E-state index in [1.165, 1.54) is 0 Å². The third-order valence-electron chi connectivity index (χ3n) is 2.87. The van der Waals surface area contributed by atoms with Gasteiger partial charge in [-0.15, -0.1) is 0 Å². The minimum Gasteiger partial charge on any atom is -0.361 e. The average molecular weight is 274 g/mol. The van der Waals surface area contributed by atoms with E-state index in [-0.39, 0.29) is 0 Å². The van der Waals surface area contributed by atoms with Crippen LogP contribution in [0.4, 0.5) is 0 Å². The summed E-state index contributed by atoms with van der Waals surface area (Å²) >= 11 is 0. The molecule has 100 valence electrons. The van der Waals surface area contributed by atoms with Gasteiger partial charge in [-0.2, -0.15) is 5.26 Å². The molecule has 0 aliphatic carbocycles. The molecule has 19 heavy (non-hydrogen) atoms. The molecule has 0 aromatic carbocycles. The average Bonchev–Trinajstić information content (AvgIpc) is 2.77. The lowest BCUT2D eigenvalue weighted by atomic mass is 10.2. The Hall–Kier alpha value is -1.71. The SMILES string of the molecule is C[Si](C)(C)CCOCn1cnc2cncc(C#N)c21. The van der Waals surface area contributed by atoms with Crippen LogP contribution in [0.5, 0.6) is 0 Å². The summed E-state index contributed by atoms with van der Waals surface area (Å²) in [7, 11) is -1.06. The maximum Gasteiger partial charge on any atom is 0.124 e. The van der Waals surface area contributed by atoms with Crippen LogP contribution >= 0.6 is 0 Å². The van der Waals surface area contributed by atoms with Gasteiger partial charge in [0.15, 0.2) is 0 Å². The monoisotopic (exact) mass is 274 g/mol. The number of aromatic nitrogens is 3. The van der Waals surface area contributed by atoms with E-state index >= 15 is 0 Å². The van der Waals surface area contributed by atoms with Crippen LogP contribution in [0.1, 0.15) is 5.56 Å². The van der Waals surface area contributed by atoms with E-state index in [0.717, 1.165) is 23.7 Å². The lowest BCUT2D eigenvalue weighted by Crippen LogP contribution is -2.22. The normalized spacial score (nSPS) is 11.7. The van der Waals surface area contributed by atoms with Crippen molar-refractivity contribution in [2.24, 2.45) is 0 Å². The number of hydrogen-bond acceptors (Lipinski definition) is 4. The molecule has 0 amide bonds. The van der Waals surface area contributed by atoms with E-state index in [9.17, 15) is 0 Å². The zero-order valence-electron chi connectivity index (χ0n) is 11.6. The minimum atomic E-state index is -1.06. The molecule has 2 rings (SSSR count). The van der Waals surface area contributed by atoms with E-state index in [1.54, 1.807) is 18.7 Å². The molecule has 5 nitrogen and oxygen atoms in total. The van der Waals surface area contributed by atoms with E-state index in [2.05, 4.69) is 35.7 Å². The van der Waals surface area contributed by atoms with Crippen molar-refractivity contribution in [3.63, 3.8) is 0 Å². The highest BCUT2D eigenvalue weighted by Crippen LogP contribution is 2.16. The van der Waals surface area contributed by atoms with Gasteiger partial charge in [-0.25, -0.2) is 4.98 Å². The molecule has 0 spiro atoms. The summed E-state index contributed by atoms with van der Waals surface area (Å²) in [5.74, 6) is 0. The smallest absolute Gasteiger partial charge is 0.124 e. The summed E-state index contributed by atoms with van der Waals surface area (Å²) in [6.45, 7) is 8.15. The van der Waals surface area contributed by atoms with Crippen LogP contribution in [-0.4, -0.2) is 29.2 Å². The lowest BCUT2D eigenvalue weighted by Gasteiger charge is -2.15. The van der Waals surface area contributed by atoms with Crippen molar-refractivity contribution in [3.8, 4) is 6.07 Å². The number of nitrogens with zero attached hydrogens (tertiary/aromatic N) is 4. The number of hydrogen-bond donors (Lipinski definition) is 0. The quantitative estimate of drug-likeness (QED) is 0.621. The number of imidazole rings is 1. The highest BCUT2D eigenvalue weighted by molar-refractivity contribution is 6.76. The Labute approximate surface area is 113 Å². The van der Waals surface area contributed by atoms with Gasteiger partial charge in [0.25, 0.3) is 0 Å². The highest BCUT2D eigenvalue weighted by Gasteiger charge is 2.13. The summed E-state index contributed by atoms with van der Waals surface area (Å²) in [6, 6.07) is 3.27. The molecule has 0 radical (unpaired) electrons. The Morgan fingerprint density at radius 3 is 2.84 bits per heavy atom. The molecule has 0 fully saturated rings. The molecule has 0 saturated heterocycles. The molecule has 6 heteroatoms. The van der Waals surface area contributed by atoms with E-state index < -0.39 is 8.07 Å². The molecule has 2 aromatic rings. The van der Waals surface area contributed by atoms with Crippen LogP contribution in [-0.2, 0) is 11.5 Å². The number of rotatable bonds is 5. The zero-order chi connectivity index (χ0) is 13.9. The fourth-order valence-electron chi connectivity index (χ4n) is 1.75. The fourth-order valence-corrected chi connectivity index (χ4v) is 2.51. The summed E-state index contributed by atoms with van der Waals surface area (Å²) in [4.78, 5) is 8.22. The van der Waals surface area contributed by atoms with Gasteiger partial charge in [-0.3, -0.25) is 4.98 Å². The van der Waals surface area contributed by atoms with Crippen LogP contribution in [0.3, 0.4) is 0 Å². The number of nitriles is 1. The molecule has 0 atom stereocenters. The van der Waals surface area contributed by atoms with Gasteiger partial charge in [0.2, 0.25) is 0 Å². The van der Waals surface area contributed by atoms with Crippen molar-refractivity contribution < 1.29 is 4.74 Å². The van der Waals surface area contributed by atoms with Gasteiger partial charge < -0.3 is 9.30 Å². The van der Waals surface area contributed by atoms with Crippen molar-refractivity contribution in [1.82, 2.24) is 14.5 Å². The lowest BCUT2D eigenvalue weighted by molar-refractivity contribution is 0.0898. The summed E-state index contributed by atoms with van der Waals surface area (Å²) < 4.78 is 7.55. The molecular formula is C13H18N4OSi. The van der Waals surface area contributed by atoms with Crippen molar-refractivity contribution in [1.29, 1.82) is 5.26 Å². The second kappa shape index (κ2) is 5.51. The molecule has 2 heterocycles. The predicted octanol–water partition coefficient (Wildman–Crippen LogP) is 2.62. The van der Waals surface area contributed by atoms with Gasteiger partial charge in [-0.05, 0) is 6.04 Å². The largest absolute Gasteiger partial charge is 0.361 e. The molecule has 0 bridgehead atoms. The van der Waals surface area contributed by atoms with Crippen molar-refractivity contribution >= 4 is 19.1 Å². The Kier molecular flexibility index (Phi) is 3.98. The van der Waals surface area contributed by atoms with Crippen LogP contribution in [0.2, 0.25) is 25.7 Å². The van der Waals surface area contributed by atoms with Crippen LogP contribution in [0.15, 0.2) is 18.7 Å². The first kappa shape index (κ1) is 13.7. The first-order chi connectivity index (χ1) is 9.01. The van der Waals surface area contributed by atoms with E-state index in [4.69, 9.17) is 10.00 Å². The molecule has 0 N–H and O–H groups in total. The Balaban J connectivity index is 2.08. The second-order valence-electron chi connectivity index (χ2n) is 5.73. The summed E-state index contributed by atoms with van der Waals surface area (Å²) in [6.07, 6.45) is 4.92. The minimum absolute atomic E-state index is 0.430. The van der Waals surface area contributed by atoms with Crippen LogP contribution < -0.4 is 0 Å². The zero-order valence-corrected chi connectivity index (χ0v) is 12.6. The van der Waals surface area contributed by atoms with Crippen molar-refractivity contribution in [2.75, 3.05) is 6.61 Å². The van der Waals surface area contributed by atoms with Gasteiger partial charge in [0.1, 0.15) is 18.3 Å². The van der Waals surface area contributed by atoms with E-state index in [0.29, 0.717) is 12.3 Å². The molecule has 2 aromatic heterocycles. The molecule has 0 aliphatic rings. The first-order valence-electron chi connectivity index (χ1n) is 6.28. The molecule has 0 unspecified atom stereocenters. The van der Waals surface area contributed by atoms with Gasteiger partial charge >= 0.3 is 0 Å². The van der Waals surface area contributed by atoms with E-state index in [1.807, 2.05) is 4.57 Å². The Morgan fingerprint density at radius 1 is 1.37 bits per heavy atom. The first-order valence-corrected chi connectivity index (χ1v) is 9.99. The van der Waals surface area contributed by atoms with Gasteiger partial charge in [-0.1, -0.05) is 19.6 Å².